The molecule has 1 atom stereocenters. The Morgan fingerprint density at radius 2 is 2.37 bits per heavy atom. The molecule has 0 radical (unpaired) electrons. The van der Waals surface area contributed by atoms with E-state index in [1.165, 1.54) is 4.90 Å². The highest BCUT2D eigenvalue weighted by Gasteiger charge is 2.29. The van der Waals surface area contributed by atoms with E-state index in [1.807, 2.05) is 0 Å². The van der Waals surface area contributed by atoms with Crippen molar-refractivity contribution < 1.29 is 19.4 Å². The molecule has 1 amide bonds. The van der Waals surface area contributed by atoms with E-state index >= 15 is 0 Å². The van der Waals surface area contributed by atoms with Crippen LogP contribution in [0.25, 0.3) is 0 Å². The molecule has 102 valence electrons. The van der Waals surface area contributed by atoms with Crippen LogP contribution in [0.15, 0.2) is 16.7 Å². The molecule has 0 spiro atoms. The summed E-state index contributed by atoms with van der Waals surface area (Å²) in [5.41, 5.74) is 0.572. The van der Waals surface area contributed by atoms with Crippen molar-refractivity contribution in [3.63, 3.8) is 0 Å². The Kier molecular flexibility index (Phi) is 4.04. The lowest BCUT2D eigenvalue weighted by atomic mass is 10.1. The van der Waals surface area contributed by atoms with Crippen molar-refractivity contribution in [1.29, 1.82) is 0 Å². The summed E-state index contributed by atoms with van der Waals surface area (Å²) in [6.45, 7) is 2.36. The van der Waals surface area contributed by atoms with Gasteiger partial charge in [0.05, 0.1) is 13.0 Å². The minimum absolute atomic E-state index is 0.188. The first-order valence-corrected chi connectivity index (χ1v) is 6.60. The fourth-order valence-electron chi connectivity index (χ4n) is 1.92. The molecule has 0 aliphatic carbocycles. The topological polar surface area (TPSA) is 79.7 Å². The van der Waals surface area contributed by atoms with Crippen molar-refractivity contribution in [2.24, 2.45) is 5.92 Å². The number of hydrogen-bond acceptors (Lipinski definition) is 4. The van der Waals surface area contributed by atoms with Gasteiger partial charge in [0, 0.05) is 16.6 Å². The Morgan fingerprint density at radius 3 is 3.05 bits per heavy atom. The predicted molar refractivity (Wildman–Crippen MR) is 71.2 cm³/mol. The quantitative estimate of drug-likeness (QED) is 0.913. The molecular weight excluding hydrogens is 316 g/mol. The van der Waals surface area contributed by atoms with Crippen LogP contribution in [0, 0.1) is 5.92 Å². The number of rotatable bonds is 3. The summed E-state index contributed by atoms with van der Waals surface area (Å²) in [5.74, 6) is -1.40. The van der Waals surface area contributed by atoms with Gasteiger partial charge in [0.25, 0.3) is 0 Å². The van der Waals surface area contributed by atoms with Gasteiger partial charge in [0.1, 0.15) is 12.3 Å². The zero-order valence-corrected chi connectivity index (χ0v) is 11.9. The summed E-state index contributed by atoms with van der Waals surface area (Å²) in [7, 11) is 0. The number of hydrogen-bond donors (Lipinski definition) is 1. The number of carbonyl (C=O) groups is 2. The minimum Gasteiger partial charge on any atom is -0.481 e. The number of aromatic nitrogens is 1. The number of carboxylic acids is 1. The second-order valence-electron chi connectivity index (χ2n) is 4.32. The number of carbonyl (C=O) groups excluding carboxylic acids is 1. The zero-order valence-electron chi connectivity index (χ0n) is 10.3. The third-order valence-electron chi connectivity index (χ3n) is 2.81. The fraction of sp³-hybridized carbons (Fsp3) is 0.417. The van der Waals surface area contributed by atoms with Gasteiger partial charge in [0.2, 0.25) is 11.8 Å². The van der Waals surface area contributed by atoms with Crippen LogP contribution in [0.1, 0.15) is 13.3 Å². The van der Waals surface area contributed by atoms with E-state index in [0.29, 0.717) is 24.7 Å². The Bertz CT molecular complexity index is 520. The number of pyridine rings is 1. The smallest absolute Gasteiger partial charge is 0.304 e. The van der Waals surface area contributed by atoms with Gasteiger partial charge in [-0.25, -0.2) is 4.98 Å². The first-order valence-electron chi connectivity index (χ1n) is 5.80. The Labute approximate surface area is 118 Å². The Balaban J connectivity index is 2.25. The maximum atomic E-state index is 12.3. The van der Waals surface area contributed by atoms with Crippen LogP contribution in [0.4, 0.5) is 5.69 Å². The van der Waals surface area contributed by atoms with Gasteiger partial charge >= 0.3 is 5.97 Å². The van der Waals surface area contributed by atoms with Gasteiger partial charge in [-0.3, -0.25) is 9.59 Å². The summed E-state index contributed by atoms with van der Waals surface area (Å²) in [6, 6.07) is 1.74. The van der Waals surface area contributed by atoms with E-state index in [4.69, 9.17) is 9.84 Å². The molecule has 1 unspecified atom stereocenters. The Morgan fingerprint density at radius 1 is 1.63 bits per heavy atom. The molecule has 7 heteroatoms. The van der Waals surface area contributed by atoms with Crippen LogP contribution in [0.2, 0.25) is 0 Å². The predicted octanol–water partition coefficient (Wildman–Crippen LogP) is 1.68. The standard InChI is InChI=1S/C12H13BrN2O4/c1-7(4-10(16)17)12(18)15-2-3-19-11-9(15)5-8(13)6-14-11/h5-7H,2-4H2,1H3,(H,16,17). The van der Waals surface area contributed by atoms with E-state index in [1.54, 1.807) is 19.2 Å². The molecule has 0 saturated carbocycles. The van der Waals surface area contributed by atoms with Gasteiger partial charge in [-0.1, -0.05) is 6.92 Å². The number of halogens is 1. The molecule has 0 bridgehead atoms. The maximum absolute atomic E-state index is 12.3. The second-order valence-corrected chi connectivity index (χ2v) is 5.23. The van der Waals surface area contributed by atoms with Crippen LogP contribution >= 0.6 is 15.9 Å². The number of ether oxygens (including phenoxy) is 1. The Hall–Kier alpha value is -1.63. The van der Waals surface area contributed by atoms with Crippen LogP contribution in [0.3, 0.4) is 0 Å². The largest absolute Gasteiger partial charge is 0.481 e. The van der Waals surface area contributed by atoms with Crippen LogP contribution in [-0.4, -0.2) is 35.1 Å². The van der Waals surface area contributed by atoms with Crippen molar-refractivity contribution in [2.45, 2.75) is 13.3 Å². The number of anilines is 1. The van der Waals surface area contributed by atoms with E-state index in [0.717, 1.165) is 4.47 Å². The lowest BCUT2D eigenvalue weighted by Crippen LogP contribution is -2.41. The van der Waals surface area contributed by atoms with Crippen molar-refractivity contribution in [2.75, 3.05) is 18.1 Å². The average molecular weight is 329 g/mol. The van der Waals surface area contributed by atoms with E-state index < -0.39 is 11.9 Å². The molecule has 6 nitrogen and oxygen atoms in total. The highest BCUT2D eigenvalue weighted by atomic mass is 79.9. The lowest BCUT2D eigenvalue weighted by Gasteiger charge is -2.30. The molecule has 0 aromatic carbocycles. The molecule has 1 aromatic rings. The van der Waals surface area contributed by atoms with Gasteiger partial charge in [-0.15, -0.1) is 0 Å². The third-order valence-corrected chi connectivity index (χ3v) is 3.25. The molecule has 0 fully saturated rings. The van der Waals surface area contributed by atoms with Crippen LogP contribution < -0.4 is 9.64 Å². The molecule has 0 saturated heterocycles. The number of aliphatic carboxylic acids is 1. The summed E-state index contributed by atoms with van der Waals surface area (Å²) < 4.78 is 6.11. The van der Waals surface area contributed by atoms with Gasteiger partial charge in [-0.2, -0.15) is 0 Å². The van der Waals surface area contributed by atoms with Gasteiger partial charge in [0.15, 0.2) is 0 Å². The molecule has 1 aliphatic rings. The third kappa shape index (κ3) is 3.04. The molecular formula is C12H13BrN2O4. The van der Waals surface area contributed by atoms with E-state index in [9.17, 15) is 9.59 Å². The summed E-state index contributed by atoms with van der Waals surface area (Å²) in [4.78, 5) is 28.6. The second kappa shape index (κ2) is 5.56. The number of carboxylic acid groups (broad SMARTS) is 1. The summed E-state index contributed by atoms with van der Waals surface area (Å²) >= 11 is 3.29. The maximum Gasteiger partial charge on any atom is 0.304 e. The minimum atomic E-state index is -0.985. The van der Waals surface area contributed by atoms with Gasteiger partial charge < -0.3 is 14.7 Å². The zero-order chi connectivity index (χ0) is 14.0. The molecule has 1 aromatic heterocycles. The van der Waals surface area contributed by atoms with Crippen LogP contribution in [-0.2, 0) is 9.59 Å². The summed E-state index contributed by atoms with van der Waals surface area (Å²) in [5, 5.41) is 8.76. The number of amides is 1. The van der Waals surface area contributed by atoms with Crippen LogP contribution in [0.5, 0.6) is 5.88 Å². The number of fused-ring (bicyclic) bond motifs is 1. The van der Waals surface area contributed by atoms with E-state index in [2.05, 4.69) is 20.9 Å². The first-order chi connectivity index (χ1) is 8.99. The number of nitrogens with zero attached hydrogens (tertiary/aromatic N) is 2. The normalized spacial score (nSPS) is 15.4. The highest BCUT2D eigenvalue weighted by molar-refractivity contribution is 9.10. The molecule has 19 heavy (non-hydrogen) atoms. The summed E-state index contributed by atoms with van der Waals surface area (Å²) in [6.07, 6.45) is 1.40. The van der Waals surface area contributed by atoms with Crippen molar-refractivity contribution in [3.8, 4) is 5.88 Å². The molecule has 1 aliphatic heterocycles. The van der Waals surface area contributed by atoms with Crippen molar-refractivity contribution >= 4 is 33.5 Å². The first kappa shape index (κ1) is 13.8. The highest BCUT2D eigenvalue weighted by Crippen LogP contribution is 2.32. The molecule has 2 heterocycles. The van der Waals surface area contributed by atoms with Crippen molar-refractivity contribution in [1.82, 2.24) is 4.98 Å². The monoisotopic (exact) mass is 328 g/mol. The fourth-order valence-corrected chi connectivity index (χ4v) is 2.24. The van der Waals surface area contributed by atoms with Crippen molar-refractivity contribution in [3.05, 3.63) is 16.7 Å². The van der Waals surface area contributed by atoms with E-state index in [-0.39, 0.29) is 12.3 Å². The molecule has 2 rings (SSSR count). The lowest BCUT2D eigenvalue weighted by molar-refractivity contribution is -0.140. The average Bonchev–Trinajstić information content (AvgIpc) is 2.36. The molecule has 1 N–H and O–H groups in total. The van der Waals surface area contributed by atoms with Gasteiger partial charge in [-0.05, 0) is 22.0 Å². The SMILES string of the molecule is CC(CC(=O)O)C(=O)N1CCOc2ncc(Br)cc21.